The van der Waals surface area contributed by atoms with Crippen LogP contribution in [0, 0.1) is 0 Å². The van der Waals surface area contributed by atoms with Crippen LogP contribution in [0.2, 0.25) is 0 Å². The topological polar surface area (TPSA) is 54.3 Å². The van der Waals surface area contributed by atoms with Gasteiger partial charge in [-0.1, -0.05) is 0 Å². The average Bonchev–Trinajstić information content (AvgIpc) is 2.75. The molecule has 1 aromatic rings. The van der Waals surface area contributed by atoms with E-state index in [1.807, 2.05) is 19.1 Å². The van der Waals surface area contributed by atoms with Crippen molar-refractivity contribution in [3.8, 4) is 0 Å². The van der Waals surface area contributed by atoms with Crippen molar-refractivity contribution in [1.82, 2.24) is 10.6 Å². The monoisotopic (exact) mass is 272 g/mol. The van der Waals surface area contributed by atoms with Gasteiger partial charge in [-0.05, 0) is 35.0 Å². The molecule has 1 amide bonds. The fourth-order valence-corrected chi connectivity index (χ4v) is 2.04. The lowest BCUT2D eigenvalue weighted by Gasteiger charge is -2.15. The zero-order chi connectivity index (χ0) is 10.8. The molecule has 1 aromatic heterocycles. The summed E-state index contributed by atoms with van der Waals surface area (Å²) in [6, 6.07) is 4.11. The molecule has 4 nitrogen and oxygen atoms in total. The number of hydrogen-bond acceptors (Lipinski definition) is 3. The van der Waals surface area contributed by atoms with Gasteiger partial charge in [0, 0.05) is 19.0 Å². The Balaban J connectivity index is 1.92. The summed E-state index contributed by atoms with van der Waals surface area (Å²) in [6.45, 7) is 2.72. The molecule has 1 aliphatic rings. The highest BCUT2D eigenvalue weighted by molar-refractivity contribution is 9.10. The van der Waals surface area contributed by atoms with Gasteiger partial charge in [-0.25, -0.2) is 0 Å². The second kappa shape index (κ2) is 4.37. The van der Waals surface area contributed by atoms with Gasteiger partial charge in [0.1, 0.15) is 5.76 Å². The van der Waals surface area contributed by atoms with Crippen molar-refractivity contribution in [2.75, 3.05) is 6.54 Å². The first kappa shape index (κ1) is 10.7. The maximum atomic E-state index is 11.0. The smallest absolute Gasteiger partial charge is 0.221 e. The van der Waals surface area contributed by atoms with Crippen molar-refractivity contribution in [2.45, 2.75) is 25.4 Å². The largest absolute Gasteiger partial charge is 0.453 e. The minimum Gasteiger partial charge on any atom is -0.453 e. The first-order valence-corrected chi connectivity index (χ1v) is 5.72. The van der Waals surface area contributed by atoms with Crippen LogP contribution < -0.4 is 10.6 Å². The Hall–Kier alpha value is -0.810. The molecule has 1 aliphatic heterocycles. The van der Waals surface area contributed by atoms with Crippen LogP contribution in [0.4, 0.5) is 0 Å². The normalized spacial score (nSPS) is 22.8. The number of amides is 1. The van der Waals surface area contributed by atoms with Gasteiger partial charge in [-0.2, -0.15) is 0 Å². The summed E-state index contributed by atoms with van der Waals surface area (Å²) >= 11 is 3.26. The first-order chi connectivity index (χ1) is 7.15. The molecule has 82 valence electrons. The van der Waals surface area contributed by atoms with Crippen LogP contribution in [-0.4, -0.2) is 18.5 Å². The Bertz CT molecular complexity index is 364. The SMILES string of the molecule is CC(NC1CNC(=O)C1)c1ccc(Br)o1. The Morgan fingerprint density at radius 3 is 3.00 bits per heavy atom. The van der Waals surface area contributed by atoms with E-state index in [1.54, 1.807) is 0 Å². The summed E-state index contributed by atoms with van der Waals surface area (Å²) < 4.78 is 6.16. The van der Waals surface area contributed by atoms with Crippen molar-refractivity contribution >= 4 is 21.8 Å². The van der Waals surface area contributed by atoms with Crippen molar-refractivity contribution in [3.63, 3.8) is 0 Å². The second-order valence-electron chi connectivity index (χ2n) is 3.74. The van der Waals surface area contributed by atoms with E-state index >= 15 is 0 Å². The molecule has 0 aromatic carbocycles. The number of carbonyl (C=O) groups is 1. The Kier molecular flexibility index (Phi) is 3.11. The highest BCUT2D eigenvalue weighted by Crippen LogP contribution is 2.20. The molecule has 2 heterocycles. The molecule has 2 rings (SSSR count). The summed E-state index contributed by atoms with van der Waals surface area (Å²) in [7, 11) is 0. The fraction of sp³-hybridized carbons (Fsp3) is 0.500. The molecule has 1 fully saturated rings. The molecule has 2 atom stereocenters. The van der Waals surface area contributed by atoms with Crippen LogP contribution in [-0.2, 0) is 4.79 Å². The molecule has 2 unspecified atom stereocenters. The van der Waals surface area contributed by atoms with Crippen LogP contribution in [0.3, 0.4) is 0 Å². The lowest BCUT2D eigenvalue weighted by Crippen LogP contribution is -2.32. The van der Waals surface area contributed by atoms with Crippen LogP contribution in [0.25, 0.3) is 0 Å². The Labute approximate surface area is 96.5 Å². The summed E-state index contributed by atoms with van der Waals surface area (Å²) in [5, 5.41) is 6.13. The quantitative estimate of drug-likeness (QED) is 0.879. The van der Waals surface area contributed by atoms with Crippen molar-refractivity contribution < 1.29 is 9.21 Å². The average molecular weight is 273 g/mol. The van der Waals surface area contributed by atoms with E-state index in [-0.39, 0.29) is 18.0 Å². The zero-order valence-corrected chi connectivity index (χ0v) is 10.0. The minimum atomic E-state index is 0.111. The molecule has 0 radical (unpaired) electrons. The Morgan fingerprint density at radius 1 is 1.67 bits per heavy atom. The third-order valence-corrected chi connectivity index (χ3v) is 2.91. The van der Waals surface area contributed by atoms with Gasteiger partial charge in [0.25, 0.3) is 0 Å². The maximum Gasteiger partial charge on any atom is 0.221 e. The van der Waals surface area contributed by atoms with Gasteiger partial charge in [-0.15, -0.1) is 0 Å². The maximum absolute atomic E-state index is 11.0. The van der Waals surface area contributed by atoms with Gasteiger partial charge >= 0.3 is 0 Å². The molecule has 0 aliphatic carbocycles. The van der Waals surface area contributed by atoms with E-state index in [2.05, 4.69) is 26.6 Å². The van der Waals surface area contributed by atoms with Crippen molar-refractivity contribution in [1.29, 1.82) is 0 Å². The van der Waals surface area contributed by atoms with Gasteiger partial charge < -0.3 is 15.1 Å². The van der Waals surface area contributed by atoms with E-state index in [0.717, 1.165) is 10.4 Å². The van der Waals surface area contributed by atoms with Crippen LogP contribution in [0.1, 0.15) is 25.1 Å². The highest BCUT2D eigenvalue weighted by atomic mass is 79.9. The lowest BCUT2D eigenvalue weighted by molar-refractivity contribution is -0.119. The number of carbonyl (C=O) groups excluding carboxylic acids is 1. The third kappa shape index (κ3) is 2.60. The van der Waals surface area contributed by atoms with Crippen molar-refractivity contribution in [3.05, 3.63) is 22.6 Å². The van der Waals surface area contributed by atoms with E-state index in [4.69, 9.17) is 4.42 Å². The number of hydrogen-bond donors (Lipinski definition) is 2. The predicted molar refractivity (Wildman–Crippen MR) is 59.4 cm³/mol. The molecule has 2 N–H and O–H groups in total. The summed E-state index contributed by atoms with van der Waals surface area (Å²) in [5.41, 5.74) is 0. The standard InChI is InChI=1S/C10H13BrN2O2/c1-6(8-2-3-9(11)15-8)13-7-4-10(14)12-5-7/h2-3,6-7,13H,4-5H2,1H3,(H,12,14). The molecule has 0 spiro atoms. The zero-order valence-electron chi connectivity index (χ0n) is 8.42. The van der Waals surface area contributed by atoms with E-state index in [0.29, 0.717) is 13.0 Å². The lowest BCUT2D eigenvalue weighted by atomic mass is 10.2. The first-order valence-electron chi connectivity index (χ1n) is 4.93. The molecule has 1 saturated heterocycles. The minimum absolute atomic E-state index is 0.111. The third-order valence-electron chi connectivity index (χ3n) is 2.48. The van der Waals surface area contributed by atoms with Crippen LogP contribution in [0.15, 0.2) is 21.2 Å². The molecule has 5 heteroatoms. The number of nitrogens with one attached hydrogen (secondary N) is 2. The molecule has 0 saturated carbocycles. The summed E-state index contributed by atoms with van der Waals surface area (Å²) in [4.78, 5) is 11.0. The predicted octanol–water partition coefficient (Wildman–Crippen LogP) is 1.58. The highest BCUT2D eigenvalue weighted by Gasteiger charge is 2.23. The van der Waals surface area contributed by atoms with Crippen LogP contribution in [0.5, 0.6) is 0 Å². The van der Waals surface area contributed by atoms with Crippen molar-refractivity contribution in [2.24, 2.45) is 0 Å². The number of halogens is 1. The van der Waals surface area contributed by atoms with Gasteiger partial charge in [0.2, 0.25) is 5.91 Å². The van der Waals surface area contributed by atoms with Crippen LogP contribution >= 0.6 is 15.9 Å². The fourth-order valence-electron chi connectivity index (χ4n) is 1.72. The van der Waals surface area contributed by atoms with Gasteiger partial charge in [0.15, 0.2) is 4.67 Å². The Morgan fingerprint density at radius 2 is 2.47 bits per heavy atom. The van der Waals surface area contributed by atoms with Gasteiger partial charge in [0.05, 0.1) is 6.04 Å². The van der Waals surface area contributed by atoms with Gasteiger partial charge in [-0.3, -0.25) is 4.79 Å². The molecular formula is C10H13BrN2O2. The van der Waals surface area contributed by atoms with E-state index in [1.165, 1.54) is 0 Å². The van der Waals surface area contributed by atoms with E-state index < -0.39 is 0 Å². The molecule has 15 heavy (non-hydrogen) atoms. The number of rotatable bonds is 3. The number of furan rings is 1. The molecule has 0 bridgehead atoms. The summed E-state index contributed by atoms with van der Waals surface area (Å²) in [5.74, 6) is 0.988. The summed E-state index contributed by atoms with van der Waals surface area (Å²) in [6.07, 6.45) is 0.548. The second-order valence-corrected chi connectivity index (χ2v) is 4.52. The van der Waals surface area contributed by atoms with E-state index in [9.17, 15) is 4.79 Å². The molecular weight excluding hydrogens is 260 g/mol.